The summed E-state index contributed by atoms with van der Waals surface area (Å²) in [7, 11) is -2.88. The molecule has 9 heteroatoms. The van der Waals surface area contributed by atoms with E-state index in [1.807, 2.05) is 0 Å². The van der Waals surface area contributed by atoms with Gasteiger partial charge in [-0.05, 0) is 16.8 Å². The van der Waals surface area contributed by atoms with Crippen LogP contribution in [-0.2, 0) is 16.4 Å². The van der Waals surface area contributed by atoms with E-state index in [-0.39, 0.29) is 11.5 Å². The van der Waals surface area contributed by atoms with Gasteiger partial charge >= 0.3 is 0 Å². The van der Waals surface area contributed by atoms with E-state index < -0.39 is 9.84 Å². The van der Waals surface area contributed by atoms with Crippen LogP contribution in [0.4, 0.5) is 0 Å². The number of nitrogens with zero attached hydrogens (tertiary/aromatic N) is 4. The van der Waals surface area contributed by atoms with Crippen molar-refractivity contribution < 1.29 is 8.42 Å². The van der Waals surface area contributed by atoms with Gasteiger partial charge in [0.05, 0.1) is 12.3 Å². The van der Waals surface area contributed by atoms with Crippen LogP contribution in [0, 0.1) is 0 Å². The van der Waals surface area contributed by atoms with Gasteiger partial charge in [-0.3, -0.25) is 0 Å². The van der Waals surface area contributed by atoms with E-state index in [1.165, 1.54) is 11.8 Å². The first-order valence-corrected chi connectivity index (χ1v) is 9.58. The summed E-state index contributed by atoms with van der Waals surface area (Å²) in [6.45, 7) is 7.36. The molecule has 7 nitrogen and oxygen atoms in total. The number of nitrogens with one attached hydrogen (secondary N) is 1. The molecular formula is C11H23N5O2S2. The van der Waals surface area contributed by atoms with Gasteiger partial charge in [-0.1, -0.05) is 32.5 Å². The average molecular weight is 321 g/mol. The Kier molecular flexibility index (Phi) is 7.46. The molecule has 0 saturated heterocycles. The largest absolute Gasteiger partial charge is 0.313 e. The maximum atomic E-state index is 11.4. The van der Waals surface area contributed by atoms with E-state index >= 15 is 0 Å². The van der Waals surface area contributed by atoms with Gasteiger partial charge in [-0.2, -0.15) is 0 Å². The van der Waals surface area contributed by atoms with Crippen LogP contribution in [-0.4, -0.2) is 58.5 Å². The molecule has 1 heterocycles. The van der Waals surface area contributed by atoms with Crippen molar-refractivity contribution in [1.29, 1.82) is 0 Å². The zero-order valence-electron chi connectivity index (χ0n) is 12.2. The zero-order chi connectivity index (χ0) is 15.0. The first kappa shape index (κ1) is 17.4. The van der Waals surface area contributed by atoms with Crippen molar-refractivity contribution in [2.75, 3.05) is 23.8 Å². The fourth-order valence-corrected chi connectivity index (χ4v) is 3.38. The second kappa shape index (κ2) is 8.58. The Morgan fingerprint density at radius 1 is 1.40 bits per heavy atom. The topological polar surface area (TPSA) is 89.8 Å². The number of hydrogen-bond acceptors (Lipinski definition) is 7. The van der Waals surface area contributed by atoms with Crippen molar-refractivity contribution in [2.24, 2.45) is 0 Å². The average Bonchev–Trinajstić information content (AvgIpc) is 2.82. The molecule has 0 fully saturated rings. The molecular weight excluding hydrogens is 298 g/mol. The Morgan fingerprint density at radius 2 is 2.15 bits per heavy atom. The standard InChI is InChI=1S/C11H23N5O2S2/c1-4-20(17,18)9-5-8-19-11-13-14-15-16(11)7-6-12-10(2)3/h10,12H,4-9H2,1-3H3. The molecule has 20 heavy (non-hydrogen) atoms. The minimum absolute atomic E-state index is 0.205. The number of hydrogen-bond donors (Lipinski definition) is 1. The summed E-state index contributed by atoms with van der Waals surface area (Å²) in [5.41, 5.74) is 0. The number of thioether (sulfide) groups is 1. The lowest BCUT2D eigenvalue weighted by Gasteiger charge is -2.08. The van der Waals surface area contributed by atoms with Gasteiger partial charge in [-0.15, -0.1) is 5.10 Å². The van der Waals surface area contributed by atoms with Gasteiger partial charge in [0.25, 0.3) is 0 Å². The van der Waals surface area contributed by atoms with Crippen LogP contribution in [0.1, 0.15) is 27.2 Å². The lowest BCUT2D eigenvalue weighted by molar-refractivity contribution is 0.485. The molecule has 1 rings (SSSR count). The summed E-state index contributed by atoms with van der Waals surface area (Å²) in [5.74, 6) is 1.14. The zero-order valence-corrected chi connectivity index (χ0v) is 13.9. The Balaban J connectivity index is 2.32. The SMILES string of the molecule is CCS(=O)(=O)CCCSc1nnnn1CCNC(C)C. The van der Waals surface area contributed by atoms with Crippen LogP contribution >= 0.6 is 11.8 Å². The summed E-state index contributed by atoms with van der Waals surface area (Å²) >= 11 is 1.50. The molecule has 0 bridgehead atoms. The third kappa shape index (κ3) is 6.67. The summed E-state index contributed by atoms with van der Waals surface area (Å²) in [5, 5.41) is 15.6. The Hall–Kier alpha value is -0.670. The molecule has 1 aromatic heterocycles. The quantitative estimate of drug-likeness (QED) is 0.498. The molecule has 0 radical (unpaired) electrons. The number of aromatic nitrogens is 4. The van der Waals surface area contributed by atoms with Gasteiger partial charge in [0.15, 0.2) is 0 Å². The predicted octanol–water partition coefficient (Wildman–Crippen LogP) is 0.588. The smallest absolute Gasteiger partial charge is 0.209 e. The van der Waals surface area contributed by atoms with Crippen molar-refractivity contribution >= 4 is 21.6 Å². The van der Waals surface area contributed by atoms with Crippen molar-refractivity contribution in [2.45, 2.75) is 44.9 Å². The van der Waals surface area contributed by atoms with E-state index in [4.69, 9.17) is 0 Å². The second-order valence-electron chi connectivity index (χ2n) is 4.73. The van der Waals surface area contributed by atoms with E-state index in [2.05, 4.69) is 34.7 Å². The van der Waals surface area contributed by atoms with Gasteiger partial charge in [0, 0.05) is 24.1 Å². The summed E-state index contributed by atoms with van der Waals surface area (Å²) in [6.07, 6.45) is 0.623. The molecule has 0 unspecified atom stereocenters. The predicted molar refractivity (Wildman–Crippen MR) is 80.6 cm³/mol. The molecule has 0 aliphatic heterocycles. The van der Waals surface area contributed by atoms with Gasteiger partial charge in [0.1, 0.15) is 9.84 Å². The van der Waals surface area contributed by atoms with Crippen LogP contribution in [0.25, 0.3) is 0 Å². The van der Waals surface area contributed by atoms with Crippen LogP contribution in [0.2, 0.25) is 0 Å². The molecule has 0 atom stereocenters. The highest BCUT2D eigenvalue weighted by Gasteiger charge is 2.09. The van der Waals surface area contributed by atoms with Crippen LogP contribution < -0.4 is 5.32 Å². The Morgan fingerprint density at radius 3 is 2.80 bits per heavy atom. The second-order valence-corrected chi connectivity index (χ2v) is 8.27. The van der Waals surface area contributed by atoms with E-state index in [1.54, 1.807) is 11.6 Å². The molecule has 0 aliphatic carbocycles. The van der Waals surface area contributed by atoms with Crippen molar-refractivity contribution in [3.8, 4) is 0 Å². The highest BCUT2D eigenvalue weighted by Crippen LogP contribution is 2.14. The van der Waals surface area contributed by atoms with Crippen LogP contribution in [0.5, 0.6) is 0 Å². The lowest BCUT2D eigenvalue weighted by atomic mass is 10.4. The first-order valence-electron chi connectivity index (χ1n) is 6.77. The summed E-state index contributed by atoms with van der Waals surface area (Å²) in [4.78, 5) is 0. The molecule has 0 saturated carbocycles. The van der Waals surface area contributed by atoms with E-state index in [0.29, 0.717) is 24.8 Å². The molecule has 0 spiro atoms. The Bertz CT molecular complexity index is 487. The molecule has 0 aliphatic rings. The third-order valence-corrected chi connectivity index (χ3v) is 5.48. The molecule has 1 N–H and O–H groups in total. The molecule has 0 aromatic carbocycles. The number of tetrazole rings is 1. The molecule has 1 aromatic rings. The highest BCUT2D eigenvalue weighted by atomic mass is 32.2. The fraction of sp³-hybridized carbons (Fsp3) is 0.909. The first-order chi connectivity index (χ1) is 9.44. The van der Waals surface area contributed by atoms with Crippen LogP contribution in [0.3, 0.4) is 0 Å². The maximum absolute atomic E-state index is 11.4. The third-order valence-electron chi connectivity index (χ3n) is 2.65. The normalized spacial score (nSPS) is 12.2. The summed E-state index contributed by atoms with van der Waals surface area (Å²) in [6, 6.07) is 0.432. The van der Waals surface area contributed by atoms with Crippen molar-refractivity contribution in [3.05, 3.63) is 0 Å². The van der Waals surface area contributed by atoms with Crippen molar-refractivity contribution in [1.82, 2.24) is 25.5 Å². The molecule has 116 valence electrons. The number of sulfone groups is 1. The highest BCUT2D eigenvalue weighted by molar-refractivity contribution is 7.99. The molecule has 0 amide bonds. The van der Waals surface area contributed by atoms with E-state index in [9.17, 15) is 8.42 Å². The van der Waals surface area contributed by atoms with Gasteiger partial charge in [0.2, 0.25) is 5.16 Å². The minimum atomic E-state index is -2.88. The van der Waals surface area contributed by atoms with E-state index in [0.717, 1.165) is 11.7 Å². The van der Waals surface area contributed by atoms with Gasteiger partial charge < -0.3 is 5.32 Å². The Labute approximate surface area is 124 Å². The van der Waals surface area contributed by atoms with Crippen LogP contribution in [0.15, 0.2) is 5.16 Å². The minimum Gasteiger partial charge on any atom is -0.313 e. The maximum Gasteiger partial charge on any atom is 0.209 e. The fourth-order valence-electron chi connectivity index (χ4n) is 1.49. The summed E-state index contributed by atoms with van der Waals surface area (Å²) < 4.78 is 24.5. The number of rotatable bonds is 10. The monoisotopic (exact) mass is 321 g/mol. The van der Waals surface area contributed by atoms with Crippen molar-refractivity contribution in [3.63, 3.8) is 0 Å². The van der Waals surface area contributed by atoms with Gasteiger partial charge in [-0.25, -0.2) is 13.1 Å². The lowest BCUT2D eigenvalue weighted by Crippen LogP contribution is -2.27.